The molecule has 120 valence electrons. The van der Waals surface area contributed by atoms with E-state index in [4.69, 9.17) is 9.15 Å². The van der Waals surface area contributed by atoms with E-state index in [-0.39, 0.29) is 5.56 Å². The second-order valence-corrected chi connectivity index (χ2v) is 5.58. The molecule has 0 aliphatic carbocycles. The first-order valence-electron chi connectivity index (χ1n) is 7.50. The summed E-state index contributed by atoms with van der Waals surface area (Å²) in [5.74, 6) is -0.276. The number of furan rings is 1. The highest BCUT2D eigenvalue weighted by atomic mass is 19.1. The van der Waals surface area contributed by atoms with Crippen molar-refractivity contribution in [1.29, 1.82) is 0 Å². The summed E-state index contributed by atoms with van der Waals surface area (Å²) < 4.78 is 26.2. The number of fused-ring (bicyclic) bond motifs is 2. The lowest BCUT2D eigenvalue weighted by Crippen LogP contribution is -2.06. The molecule has 0 aliphatic heterocycles. The standard InChI is InChI=1S/C19H14FNO3/c1-23-19(22)16-10-14(20)8-13-6-7-21(18(13)16)11-15-9-12-4-2-3-5-17(12)24-15/h2-10H,11H2,1H3. The van der Waals surface area contributed by atoms with E-state index in [9.17, 15) is 9.18 Å². The van der Waals surface area contributed by atoms with E-state index in [1.807, 2.05) is 41.1 Å². The minimum absolute atomic E-state index is 0.202. The first-order valence-corrected chi connectivity index (χ1v) is 7.50. The molecule has 2 aromatic carbocycles. The Kier molecular flexibility index (Phi) is 3.34. The third kappa shape index (κ3) is 2.34. The van der Waals surface area contributed by atoms with Crippen LogP contribution in [0.3, 0.4) is 0 Å². The fourth-order valence-electron chi connectivity index (χ4n) is 2.99. The highest BCUT2D eigenvalue weighted by Crippen LogP contribution is 2.26. The number of nitrogens with zero attached hydrogens (tertiary/aromatic N) is 1. The molecule has 0 atom stereocenters. The van der Waals surface area contributed by atoms with Gasteiger partial charge in [0.25, 0.3) is 0 Å². The Morgan fingerprint density at radius 3 is 2.79 bits per heavy atom. The predicted octanol–water partition coefficient (Wildman–Crippen LogP) is 4.36. The zero-order valence-corrected chi connectivity index (χ0v) is 13.0. The van der Waals surface area contributed by atoms with Crippen LogP contribution in [0.4, 0.5) is 4.39 Å². The predicted molar refractivity (Wildman–Crippen MR) is 88.6 cm³/mol. The van der Waals surface area contributed by atoms with Crippen LogP contribution in [0.1, 0.15) is 16.1 Å². The number of rotatable bonds is 3. The summed E-state index contributed by atoms with van der Waals surface area (Å²) in [7, 11) is 1.28. The Labute approximate surface area is 137 Å². The highest BCUT2D eigenvalue weighted by molar-refractivity contribution is 6.03. The summed E-state index contributed by atoms with van der Waals surface area (Å²) in [4.78, 5) is 12.0. The molecule has 4 aromatic rings. The third-order valence-corrected chi connectivity index (χ3v) is 4.03. The van der Waals surface area contributed by atoms with Crippen molar-refractivity contribution in [3.8, 4) is 0 Å². The number of para-hydroxylation sites is 1. The van der Waals surface area contributed by atoms with E-state index in [1.54, 1.807) is 6.07 Å². The molecule has 2 aromatic heterocycles. The summed E-state index contributed by atoms with van der Waals surface area (Å²) in [6.45, 7) is 0.438. The number of aromatic nitrogens is 1. The molecule has 0 amide bonds. The number of carbonyl (C=O) groups excluding carboxylic acids is 1. The molecule has 0 spiro atoms. The van der Waals surface area contributed by atoms with E-state index in [0.717, 1.165) is 16.7 Å². The largest absolute Gasteiger partial charge is 0.465 e. The van der Waals surface area contributed by atoms with Gasteiger partial charge in [0.2, 0.25) is 0 Å². The van der Waals surface area contributed by atoms with Gasteiger partial charge in [-0.25, -0.2) is 9.18 Å². The second kappa shape index (κ2) is 5.53. The van der Waals surface area contributed by atoms with Crippen molar-refractivity contribution in [1.82, 2.24) is 4.57 Å². The molecule has 2 heterocycles. The number of benzene rings is 2. The second-order valence-electron chi connectivity index (χ2n) is 5.58. The van der Waals surface area contributed by atoms with E-state index in [0.29, 0.717) is 17.4 Å². The summed E-state index contributed by atoms with van der Waals surface area (Å²) in [5.41, 5.74) is 1.64. The van der Waals surface area contributed by atoms with Crippen molar-refractivity contribution < 1.29 is 18.3 Å². The Morgan fingerprint density at radius 2 is 2.00 bits per heavy atom. The SMILES string of the molecule is COC(=O)c1cc(F)cc2ccn(Cc3cc4ccccc4o3)c12. The maximum absolute atomic E-state index is 13.7. The third-order valence-electron chi connectivity index (χ3n) is 4.03. The van der Waals surface area contributed by atoms with E-state index in [1.165, 1.54) is 19.2 Å². The van der Waals surface area contributed by atoms with Crippen molar-refractivity contribution in [3.63, 3.8) is 0 Å². The maximum Gasteiger partial charge on any atom is 0.340 e. The van der Waals surface area contributed by atoms with Gasteiger partial charge in [0.15, 0.2) is 0 Å². The zero-order valence-electron chi connectivity index (χ0n) is 13.0. The Bertz CT molecular complexity index is 1030. The van der Waals surface area contributed by atoms with Gasteiger partial charge in [0.1, 0.15) is 17.2 Å². The number of halogens is 1. The molecule has 4 rings (SSSR count). The van der Waals surface area contributed by atoms with Crippen LogP contribution in [-0.2, 0) is 11.3 Å². The van der Waals surface area contributed by atoms with Gasteiger partial charge in [0.05, 0.1) is 24.7 Å². The topological polar surface area (TPSA) is 44.4 Å². The fourth-order valence-corrected chi connectivity index (χ4v) is 2.99. The van der Waals surface area contributed by atoms with Crippen molar-refractivity contribution in [2.24, 2.45) is 0 Å². The van der Waals surface area contributed by atoms with E-state index >= 15 is 0 Å². The first kappa shape index (κ1) is 14.5. The summed E-state index contributed by atoms with van der Waals surface area (Å²) in [6, 6.07) is 14.1. The Hall–Kier alpha value is -3.08. The maximum atomic E-state index is 13.7. The van der Waals surface area contributed by atoms with Crippen molar-refractivity contribution in [2.45, 2.75) is 6.54 Å². The average molecular weight is 323 g/mol. The molecular formula is C19H14FNO3. The fraction of sp³-hybridized carbons (Fsp3) is 0.105. The van der Waals surface area contributed by atoms with Crippen LogP contribution in [0.5, 0.6) is 0 Å². The van der Waals surface area contributed by atoms with Gasteiger partial charge in [-0.3, -0.25) is 0 Å². The molecule has 0 bridgehead atoms. The van der Waals surface area contributed by atoms with Gasteiger partial charge in [-0.1, -0.05) is 18.2 Å². The Morgan fingerprint density at radius 1 is 1.17 bits per heavy atom. The van der Waals surface area contributed by atoms with Crippen molar-refractivity contribution >= 4 is 27.8 Å². The average Bonchev–Trinajstić information content (AvgIpc) is 3.17. The van der Waals surface area contributed by atoms with Gasteiger partial charge in [-0.2, -0.15) is 0 Å². The lowest BCUT2D eigenvalue weighted by molar-refractivity contribution is 0.0602. The Balaban J connectivity index is 1.83. The first-order chi connectivity index (χ1) is 11.7. The number of hydrogen-bond acceptors (Lipinski definition) is 3. The smallest absolute Gasteiger partial charge is 0.340 e. The molecular weight excluding hydrogens is 309 g/mol. The van der Waals surface area contributed by atoms with Crippen LogP contribution in [0, 0.1) is 5.82 Å². The number of carbonyl (C=O) groups is 1. The summed E-state index contributed by atoms with van der Waals surface area (Å²) in [6.07, 6.45) is 1.81. The van der Waals surface area contributed by atoms with Crippen LogP contribution in [0.2, 0.25) is 0 Å². The number of ether oxygens (including phenoxy) is 1. The van der Waals surface area contributed by atoms with Gasteiger partial charge in [-0.15, -0.1) is 0 Å². The summed E-state index contributed by atoms with van der Waals surface area (Å²) in [5, 5.41) is 1.66. The monoisotopic (exact) mass is 323 g/mol. The van der Waals surface area contributed by atoms with E-state index < -0.39 is 11.8 Å². The summed E-state index contributed by atoms with van der Waals surface area (Å²) >= 11 is 0. The highest BCUT2D eigenvalue weighted by Gasteiger charge is 2.17. The lowest BCUT2D eigenvalue weighted by atomic mass is 10.1. The molecule has 0 N–H and O–H groups in total. The van der Waals surface area contributed by atoms with Crippen LogP contribution in [-0.4, -0.2) is 17.6 Å². The van der Waals surface area contributed by atoms with Crippen LogP contribution >= 0.6 is 0 Å². The van der Waals surface area contributed by atoms with Gasteiger partial charge >= 0.3 is 5.97 Å². The normalized spacial score (nSPS) is 11.2. The molecule has 0 unspecified atom stereocenters. The lowest BCUT2D eigenvalue weighted by Gasteiger charge is -2.08. The molecule has 0 saturated carbocycles. The van der Waals surface area contributed by atoms with Gasteiger partial charge < -0.3 is 13.7 Å². The van der Waals surface area contributed by atoms with Crippen molar-refractivity contribution in [3.05, 3.63) is 71.9 Å². The zero-order chi connectivity index (χ0) is 16.7. The van der Waals surface area contributed by atoms with Gasteiger partial charge in [0, 0.05) is 17.0 Å². The molecule has 0 saturated heterocycles. The minimum Gasteiger partial charge on any atom is -0.465 e. The number of hydrogen-bond donors (Lipinski definition) is 0. The molecule has 0 radical (unpaired) electrons. The quantitative estimate of drug-likeness (QED) is 0.526. The molecule has 0 aliphatic rings. The number of esters is 1. The van der Waals surface area contributed by atoms with Crippen LogP contribution < -0.4 is 0 Å². The number of methoxy groups -OCH3 is 1. The van der Waals surface area contributed by atoms with Crippen LogP contribution in [0.15, 0.2) is 59.1 Å². The minimum atomic E-state index is -0.566. The molecule has 4 nitrogen and oxygen atoms in total. The van der Waals surface area contributed by atoms with Gasteiger partial charge in [-0.05, 0) is 30.3 Å². The van der Waals surface area contributed by atoms with Crippen molar-refractivity contribution in [2.75, 3.05) is 7.11 Å². The molecule has 0 fully saturated rings. The molecule has 24 heavy (non-hydrogen) atoms. The van der Waals surface area contributed by atoms with E-state index in [2.05, 4.69) is 0 Å². The molecule has 5 heteroatoms. The van der Waals surface area contributed by atoms with Crippen LogP contribution in [0.25, 0.3) is 21.9 Å².